The molecule has 1 saturated heterocycles. The van der Waals surface area contributed by atoms with Crippen molar-refractivity contribution in [3.63, 3.8) is 0 Å². The number of rotatable bonds is 4. The van der Waals surface area contributed by atoms with Gasteiger partial charge in [0.1, 0.15) is 5.75 Å². The summed E-state index contributed by atoms with van der Waals surface area (Å²) in [6.07, 6.45) is 1.09. The van der Waals surface area contributed by atoms with Gasteiger partial charge in [-0.25, -0.2) is 0 Å². The van der Waals surface area contributed by atoms with Crippen LogP contribution in [0.25, 0.3) is 0 Å². The van der Waals surface area contributed by atoms with Gasteiger partial charge in [-0.2, -0.15) is 0 Å². The van der Waals surface area contributed by atoms with Gasteiger partial charge < -0.3 is 14.5 Å². The highest BCUT2D eigenvalue weighted by Gasteiger charge is 2.26. The van der Waals surface area contributed by atoms with Crippen molar-refractivity contribution >= 4 is 11.4 Å². The lowest BCUT2D eigenvalue weighted by Gasteiger charge is -2.23. The van der Waals surface area contributed by atoms with E-state index >= 15 is 0 Å². The number of non-ortho nitro benzene ring substituents is 1. The SMILES string of the molecule is COc1cc([N+](=O)[O-])ccc1N1CCC(N(C)C)C1. The monoisotopic (exact) mass is 265 g/mol. The first kappa shape index (κ1) is 13.6. The molecule has 1 heterocycles. The summed E-state index contributed by atoms with van der Waals surface area (Å²) in [6, 6.07) is 5.30. The molecule has 1 aromatic carbocycles. The highest BCUT2D eigenvalue weighted by Crippen LogP contribution is 2.34. The lowest BCUT2D eigenvalue weighted by atomic mass is 10.2. The molecule has 0 saturated carbocycles. The van der Waals surface area contributed by atoms with E-state index < -0.39 is 4.92 Å². The summed E-state index contributed by atoms with van der Waals surface area (Å²) in [5, 5.41) is 10.8. The molecule has 6 heteroatoms. The van der Waals surface area contributed by atoms with Gasteiger partial charge in [-0.3, -0.25) is 10.1 Å². The second kappa shape index (κ2) is 5.44. The standard InChI is InChI=1S/C13H19N3O3/c1-14(2)11-6-7-15(9-11)12-5-4-10(16(17)18)8-13(12)19-3/h4-5,8,11H,6-7,9H2,1-3H3. The van der Waals surface area contributed by atoms with Crippen molar-refractivity contribution < 1.29 is 9.66 Å². The van der Waals surface area contributed by atoms with Crippen LogP contribution in [0.5, 0.6) is 5.75 Å². The highest BCUT2D eigenvalue weighted by atomic mass is 16.6. The molecule has 6 nitrogen and oxygen atoms in total. The fourth-order valence-corrected chi connectivity index (χ4v) is 2.42. The van der Waals surface area contributed by atoms with Crippen LogP contribution in [0.1, 0.15) is 6.42 Å². The van der Waals surface area contributed by atoms with Gasteiger partial charge in [-0.05, 0) is 26.6 Å². The van der Waals surface area contributed by atoms with Gasteiger partial charge in [0.25, 0.3) is 5.69 Å². The van der Waals surface area contributed by atoms with Gasteiger partial charge in [0.15, 0.2) is 0 Å². The maximum Gasteiger partial charge on any atom is 0.273 e. The van der Waals surface area contributed by atoms with E-state index in [1.165, 1.54) is 12.1 Å². The third kappa shape index (κ3) is 2.78. The minimum Gasteiger partial charge on any atom is -0.494 e. The number of methoxy groups -OCH3 is 1. The molecular weight excluding hydrogens is 246 g/mol. The quantitative estimate of drug-likeness (QED) is 0.613. The largest absolute Gasteiger partial charge is 0.494 e. The summed E-state index contributed by atoms with van der Waals surface area (Å²) >= 11 is 0. The molecule has 0 amide bonds. The number of nitro benzene ring substituents is 1. The lowest BCUT2D eigenvalue weighted by molar-refractivity contribution is -0.384. The van der Waals surface area contributed by atoms with Crippen LogP contribution in [0.3, 0.4) is 0 Å². The second-order valence-electron chi connectivity index (χ2n) is 4.97. The first-order valence-electron chi connectivity index (χ1n) is 6.26. The third-order valence-electron chi connectivity index (χ3n) is 3.61. The van der Waals surface area contributed by atoms with E-state index in [2.05, 4.69) is 23.9 Å². The number of hydrogen-bond acceptors (Lipinski definition) is 5. The van der Waals surface area contributed by atoms with Crippen molar-refractivity contribution in [1.82, 2.24) is 4.90 Å². The number of ether oxygens (including phenoxy) is 1. The summed E-state index contributed by atoms with van der Waals surface area (Å²) < 4.78 is 5.28. The highest BCUT2D eigenvalue weighted by molar-refractivity contribution is 5.63. The Labute approximate surface area is 112 Å². The Morgan fingerprint density at radius 1 is 1.47 bits per heavy atom. The van der Waals surface area contributed by atoms with E-state index in [0.717, 1.165) is 25.2 Å². The Morgan fingerprint density at radius 3 is 2.74 bits per heavy atom. The Hall–Kier alpha value is -1.82. The molecule has 0 bridgehead atoms. The number of anilines is 1. The smallest absolute Gasteiger partial charge is 0.273 e. The fourth-order valence-electron chi connectivity index (χ4n) is 2.42. The van der Waals surface area contributed by atoms with Crippen LogP contribution in [0, 0.1) is 10.1 Å². The Morgan fingerprint density at radius 2 is 2.21 bits per heavy atom. The molecule has 1 aliphatic heterocycles. The predicted octanol–water partition coefficient (Wildman–Crippen LogP) is 1.74. The van der Waals surface area contributed by atoms with E-state index in [4.69, 9.17) is 4.74 Å². The lowest BCUT2D eigenvalue weighted by Crippen LogP contribution is -2.31. The molecule has 1 atom stereocenters. The van der Waals surface area contributed by atoms with E-state index in [9.17, 15) is 10.1 Å². The zero-order chi connectivity index (χ0) is 14.0. The maximum absolute atomic E-state index is 10.8. The molecule has 0 spiro atoms. The summed E-state index contributed by atoms with van der Waals surface area (Å²) in [7, 11) is 5.69. The van der Waals surface area contributed by atoms with Gasteiger partial charge in [0.2, 0.25) is 0 Å². The normalized spacial score (nSPS) is 18.9. The summed E-state index contributed by atoms with van der Waals surface area (Å²) in [5.74, 6) is 0.564. The number of nitro groups is 1. The average Bonchev–Trinajstić information content (AvgIpc) is 2.87. The van der Waals surface area contributed by atoms with Crippen molar-refractivity contribution in [3.8, 4) is 5.75 Å². The van der Waals surface area contributed by atoms with Crippen molar-refractivity contribution in [1.29, 1.82) is 0 Å². The van der Waals surface area contributed by atoms with Crippen LogP contribution in [-0.4, -0.2) is 50.2 Å². The average molecular weight is 265 g/mol. The van der Waals surface area contributed by atoms with Crippen molar-refractivity contribution in [2.75, 3.05) is 39.2 Å². The van der Waals surface area contributed by atoms with E-state index in [0.29, 0.717) is 11.8 Å². The molecule has 0 radical (unpaired) electrons. The molecule has 19 heavy (non-hydrogen) atoms. The zero-order valence-electron chi connectivity index (χ0n) is 11.5. The molecule has 1 aliphatic rings. The molecule has 0 aliphatic carbocycles. The first-order valence-corrected chi connectivity index (χ1v) is 6.26. The Balaban J connectivity index is 2.23. The van der Waals surface area contributed by atoms with Crippen LogP contribution >= 0.6 is 0 Å². The molecule has 1 aromatic rings. The van der Waals surface area contributed by atoms with Gasteiger partial charge >= 0.3 is 0 Å². The molecule has 0 N–H and O–H groups in total. The zero-order valence-corrected chi connectivity index (χ0v) is 11.5. The Bertz CT molecular complexity index is 476. The molecule has 0 aromatic heterocycles. The van der Waals surface area contributed by atoms with Crippen molar-refractivity contribution in [2.45, 2.75) is 12.5 Å². The van der Waals surface area contributed by atoms with Gasteiger partial charge in [-0.15, -0.1) is 0 Å². The Kier molecular flexibility index (Phi) is 3.90. The summed E-state index contributed by atoms with van der Waals surface area (Å²) in [4.78, 5) is 14.8. The van der Waals surface area contributed by atoms with Crippen LogP contribution in [0.4, 0.5) is 11.4 Å². The molecule has 2 rings (SSSR count). The third-order valence-corrected chi connectivity index (χ3v) is 3.61. The van der Waals surface area contributed by atoms with Crippen LogP contribution in [0.2, 0.25) is 0 Å². The van der Waals surface area contributed by atoms with E-state index in [1.54, 1.807) is 13.2 Å². The first-order chi connectivity index (χ1) is 9.02. The predicted molar refractivity (Wildman–Crippen MR) is 74.0 cm³/mol. The number of hydrogen-bond donors (Lipinski definition) is 0. The van der Waals surface area contributed by atoms with Gasteiger partial charge in [0, 0.05) is 25.2 Å². The minimum atomic E-state index is -0.404. The maximum atomic E-state index is 10.8. The van der Waals surface area contributed by atoms with Crippen LogP contribution in [-0.2, 0) is 0 Å². The molecular formula is C13H19N3O3. The molecule has 1 unspecified atom stereocenters. The van der Waals surface area contributed by atoms with Crippen molar-refractivity contribution in [2.24, 2.45) is 0 Å². The van der Waals surface area contributed by atoms with Crippen LogP contribution in [0.15, 0.2) is 18.2 Å². The summed E-state index contributed by atoms with van der Waals surface area (Å²) in [6.45, 7) is 1.86. The molecule has 104 valence electrons. The van der Waals surface area contributed by atoms with E-state index in [-0.39, 0.29) is 5.69 Å². The number of nitrogens with zero attached hydrogens (tertiary/aromatic N) is 3. The minimum absolute atomic E-state index is 0.0592. The van der Waals surface area contributed by atoms with Crippen molar-refractivity contribution in [3.05, 3.63) is 28.3 Å². The van der Waals surface area contributed by atoms with Gasteiger partial charge in [0.05, 0.1) is 23.8 Å². The fraction of sp³-hybridized carbons (Fsp3) is 0.538. The second-order valence-corrected chi connectivity index (χ2v) is 4.97. The number of likely N-dealkylation sites (N-methyl/N-ethyl adjacent to an activating group) is 1. The number of benzene rings is 1. The summed E-state index contributed by atoms with van der Waals surface area (Å²) in [5.41, 5.74) is 0.987. The molecule has 1 fully saturated rings. The van der Waals surface area contributed by atoms with Crippen LogP contribution < -0.4 is 9.64 Å². The van der Waals surface area contributed by atoms with Gasteiger partial charge in [-0.1, -0.05) is 0 Å². The topological polar surface area (TPSA) is 58.9 Å². The van der Waals surface area contributed by atoms with E-state index in [1.807, 2.05) is 0 Å².